The summed E-state index contributed by atoms with van der Waals surface area (Å²) < 4.78 is 5.21. The van der Waals surface area contributed by atoms with Crippen molar-refractivity contribution >= 4 is 16.7 Å². The van der Waals surface area contributed by atoms with Crippen molar-refractivity contribution in [1.82, 2.24) is 10.3 Å². The highest BCUT2D eigenvalue weighted by atomic mass is 16.5. The topological polar surface area (TPSA) is 51.2 Å². The van der Waals surface area contributed by atoms with Crippen LogP contribution in [0.3, 0.4) is 0 Å². The van der Waals surface area contributed by atoms with Gasteiger partial charge in [-0.15, -0.1) is 0 Å². The van der Waals surface area contributed by atoms with Crippen molar-refractivity contribution in [2.75, 3.05) is 13.2 Å². The van der Waals surface area contributed by atoms with E-state index in [0.717, 1.165) is 41.9 Å². The molecule has 24 heavy (non-hydrogen) atoms. The lowest BCUT2D eigenvalue weighted by Gasteiger charge is -2.25. The predicted molar refractivity (Wildman–Crippen MR) is 96.1 cm³/mol. The monoisotopic (exact) mass is 326 g/mol. The van der Waals surface area contributed by atoms with Crippen LogP contribution in [-0.2, 0) is 11.3 Å². The van der Waals surface area contributed by atoms with E-state index in [0.29, 0.717) is 12.3 Å². The highest BCUT2D eigenvalue weighted by molar-refractivity contribution is 5.94. The molecule has 1 heterocycles. The fourth-order valence-electron chi connectivity index (χ4n) is 3.08. The number of carbonyl (C=O) groups is 1. The van der Waals surface area contributed by atoms with Crippen molar-refractivity contribution in [1.29, 1.82) is 0 Å². The van der Waals surface area contributed by atoms with Crippen molar-refractivity contribution in [3.63, 3.8) is 0 Å². The van der Waals surface area contributed by atoms with E-state index < -0.39 is 0 Å². The van der Waals surface area contributed by atoms with Crippen LogP contribution >= 0.6 is 0 Å². The minimum Gasteiger partial charge on any atom is -0.461 e. The molecular weight excluding hydrogens is 300 g/mol. The molecule has 3 rings (SSSR count). The second-order valence-corrected chi connectivity index (χ2v) is 6.71. The number of benzene rings is 1. The molecular formula is C20H26N2O2. The van der Waals surface area contributed by atoms with Gasteiger partial charge in [0.25, 0.3) is 0 Å². The summed E-state index contributed by atoms with van der Waals surface area (Å²) in [4.78, 5) is 16.5. The zero-order valence-electron chi connectivity index (χ0n) is 14.6. The molecule has 1 aromatic carbocycles. The van der Waals surface area contributed by atoms with Gasteiger partial charge >= 0.3 is 5.97 Å². The quantitative estimate of drug-likeness (QED) is 0.781. The zero-order valence-corrected chi connectivity index (χ0v) is 14.6. The van der Waals surface area contributed by atoms with E-state index >= 15 is 0 Å². The zero-order chi connectivity index (χ0) is 16.9. The molecule has 0 atom stereocenters. The smallest absolute Gasteiger partial charge is 0.356 e. The summed E-state index contributed by atoms with van der Waals surface area (Å²) in [5, 5.41) is 5.68. The third-order valence-electron chi connectivity index (χ3n) is 4.72. The first-order chi connectivity index (χ1) is 11.7. The van der Waals surface area contributed by atoms with Crippen molar-refractivity contribution in [3.05, 3.63) is 41.2 Å². The summed E-state index contributed by atoms with van der Waals surface area (Å²) >= 11 is 0. The number of rotatable bonds is 7. The molecule has 0 saturated heterocycles. The van der Waals surface area contributed by atoms with Gasteiger partial charge in [-0.05, 0) is 61.7 Å². The van der Waals surface area contributed by atoms with E-state index in [9.17, 15) is 4.79 Å². The molecule has 2 aromatic rings. The molecule has 1 aliphatic carbocycles. The number of esters is 1. The Bertz CT molecular complexity index is 723. The minimum atomic E-state index is -0.338. The largest absolute Gasteiger partial charge is 0.461 e. The molecule has 0 bridgehead atoms. The van der Waals surface area contributed by atoms with Gasteiger partial charge in [0, 0.05) is 17.6 Å². The van der Waals surface area contributed by atoms with Crippen LogP contribution in [0.2, 0.25) is 0 Å². The van der Waals surface area contributed by atoms with Gasteiger partial charge in [0.15, 0.2) is 0 Å². The maximum Gasteiger partial charge on any atom is 0.356 e. The van der Waals surface area contributed by atoms with Crippen LogP contribution < -0.4 is 5.32 Å². The van der Waals surface area contributed by atoms with E-state index in [1.807, 2.05) is 19.9 Å². The van der Waals surface area contributed by atoms with E-state index in [-0.39, 0.29) is 5.97 Å². The van der Waals surface area contributed by atoms with Gasteiger partial charge in [-0.1, -0.05) is 25.5 Å². The van der Waals surface area contributed by atoms with Crippen LogP contribution in [-0.4, -0.2) is 24.1 Å². The number of ether oxygens (including phenoxy) is 1. The molecule has 4 heteroatoms. The van der Waals surface area contributed by atoms with E-state index in [1.165, 1.54) is 24.8 Å². The normalized spacial score (nSPS) is 14.6. The van der Waals surface area contributed by atoms with Gasteiger partial charge in [-0.25, -0.2) is 9.78 Å². The number of nitrogens with zero attached hydrogens (tertiary/aromatic N) is 1. The predicted octanol–water partition coefficient (Wildman–Crippen LogP) is 4.00. The average molecular weight is 326 g/mol. The lowest BCUT2D eigenvalue weighted by atomic mass is 9.85. The molecule has 1 N–H and O–H groups in total. The molecule has 0 amide bonds. The fraction of sp³-hybridized carbons (Fsp3) is 0.500. The fourth-order valence-corrected chi connectivity index (χ4v) is 3.08. The van der Waals surface area contributed by atoms with Crippen LogP contribution in [0.4, 0.5) is 0 Å². The molecule has 0 aliphatic heterocycles. The summed E-state index contributed by atoms with van der Waals surface area (Å²) in [5.41, 5.74) is 2.50. The van der Waals surface area contributed by atoms with Gasteiger partial charge < -0.3 is 10.1 Å². The number of aromatic nitrogens is 1. The Morgan fingerprint density at radius 3 is 2.88 bits per heavy atom. The molecule has 0 unspecified atom stereocenters. The Morgan fingerprint density at radius 2 is 2.17 bits per heavy atom. The summed E-state index contributed by atoms with van der Waals surface area (Å²) in [7, 11) is 0. The van der Waals surface area contributed by atoms with Crippen LogP contribution in [0, 0.1) is 12.8 Å². The number of aryl methyl sites for hydroxylation is 1. The molecule has 1 fully saturated rings. The maximum absolute atomic E-state index is 12.1. The van der Waals surface area contributed by atoms with Crippen molar-refractivity contribution in [2.24, 2.45) is 5.92 Å². The van der Waals surface area contributed by atoms with Gasteiger partial charge in [0.05, 0.1) is 6.61 Å². The standard InChI is InChI=1S/C20H26N2O2/c1-3-9-24-20(23)19-11-17-10-16(7-8-18(17)14(2)22-19)13-21-12-15-5-4-6-15/h7-8,10-11,15,21H,3-6,9,12-13H2,1-2H3. The van der Waals surface area contributed by atoms with E-state index in [1.54, 1.807) is 0 Å². The van der Waals surface area contributed by atoms with Gasteiger partial charge in [0.2, 0.25) is 0 Å². The number of hydrogen-bond donors (Lipinski definition) is 1. The molecule has 0 spiro atoms. The van der Waals surface area contributed by atoms with Crippen LogP contribution in [0.1, 0.15) is 54.4 Å². The maximum atomic E-state index is 12.1. The lowest BCUT2D eigenvalue weighted by molar-refractivity contribution is 0.0498. The summed E-state index contributed by atoms with van der Waals surface area (Å²) in [6, 6.07) is 8.23. The number of carbonyl (C=O) groups excluding carboxylic acids is 1. The van der Waals surface area contributed by atoms with Crippen molar-refractivity contribution < 1.29 is 9.53 Å². The molecule has 4 nitrogen and oxygen atoms in total. The van der Waals surface area contributed by atoms with Crippen molar-refractivity contribution in [2.45, 2.75) is 46.1 Å². The summed E-state index contributed by atoms with van der Waals surface area (Å²) in [6.07, 6.45) is 4.91. The molecule has 1 aliphatic rings. The SMILES string of the molecule is CCCOC(=O)c1cc2cc(CNCC3CCC3)ccc2c(C)n1. The third-order valence-corrected chi connectivity index (χ3v) is 4.72. The first-order valence-electron chi connectivity index (χ1n) is 8.95. The second-order valence-electron chi connectivity index (χ2n) is 6.71. The van der Waals surface area contributed by atoms with Crippen LogP contribution in [0.25, 0.3) is 10.8 Å². The molecule has 128 valence electrons. The number of fused-ring (bicyclic) bond motifs is 1. The Labute approximate surface area is 143 Å². The number of pyridine rings is 1. The summed E-state index contributed by atoms with van der Waals surface area (Å²) in [5.74, 6) is 0.521. The number of nitrogens with one attached hydrogen (secondary N) is 1. The Balaban J connectivity index is 1.74. The van der Waals surface area contributed by atoms with Crippen molar-refractivity contribution in [3.8, 4) is 0 Å². The molecule has 1 aromatic heterocycles. The average Bonchev–Trinajstić information content (AvgIpc) is 2.54. The van der Waals surface area contributed by atoms with E-state index in [4.69, 9.17) is 4.74 Å². The van der Waals surface area contributed by atoms with Gasteiger partial charge in [0.1, 0.15) is 5.69 Å². The Morgan fingerprint density at radius 1 is 1.33 bits per heavy atom. The first-order valence-corrected chi connectivity index (χ1v) is 8.95. The van der Waals surface area contributed by atoms with Crippen LogP contribution in [0.5, 0.6) is 0 Å². The molecule has 0 radical (unpaired) electrons. The highest BCUT2D eigenvalue weighted by Crippen LogP contribution is 2.25. The summed E-state index contributed by atoms with van der Waals surface area (Å²) in [6.45, 7) is 6.32. The first kappa shape index (κ1) is 16.9. The van der Waals surface area contributed by atoms with Gasteiger partial charge in [-0.3, -0.25) is 0 Å². The van der Waals surface area contributed by atoms with Crippen LogP contribution in [0.15, 0.2) is 24.3 Å². The molecule has 1 saturated carbocycles. The second kappa shape index (κ2) is 7.75. The Hall–Kier alpha value is -1.94. The lowest BCUT2D eigenvalue weighted by Crippen LogP contribution is -2.26. The highest BCUT2D eigenvalue weighted by Gasteiger charge is 2.16. The Kier molecular flexibility index (Phi) is 5.46. The minimum absolute atomic E-state index is 0.338. The van der Waals surface area contributed by atoms with Gasteiger partial charge in [-0.2, -0.15) is 0 Å². The van der Waals surface area contributed by atoms with E-state index in [2.05, 4.69) is 28.5 Å². The third kappa shape index (κ3) is 3.93. The number of hydrogen-bond acceptors (Lipinski definition) is 4.